The second-order valence-electron chi connectivity index (χ2n) is 6.76. The van der Waals surface area contributed by atoms with E-state index in [2.05, 4.69) is 27.9 Å². The molecule has 28 heavy (non-hydrogen) atoms. The number of ether oxygens (including phenoxy) is 1. The number of anilines is 1. The molecule has 1 fully saturated rings. The van der Waals surface area contributed by atoms with Crippen molar-refractivity contribution in [3.05, 3.63) is 51.1 Å². The third-order valence-corrected chi connectivity index (χ3v) is 7.53. The lowest BCUT2D eigenvalue weighted by Gasteiger charge is -2.26. The molecule has 0 aromatic heterocycles. The average Bonchev–Trinajstić information content (AvgIpc) is 2.68. The van der Waals surface area contributed by atoms with Crippen LogP contribution in [0.5, 0.6) is 5.75 Å². The minimum absolute atomic E-state index is 0.157. The Kier molecular flexibility index (Phi) is 6.61. The highest BCUT2D eigenvalue weighted by atomic mass is 127. The third kappa shape index (κ3) is 4.49. The van der Waals surface area contributed by atoms with Gasteiger partial charge in [-0.25, -0.2) is 8.42 Å². The van der Waals surface area contributed by atoms with Crippen molar-refractivity contribution in [1.82, 2.24) is 4.31 Å². The molecule has 0 saturated carbocycles. The topological polar surface area (TPSA) is 75.7 Å². The highest BCUT2D eigenvalue weighted by Gasteiger charge is 2.27. The molecule has 8 heteroatoms. The van der Waals surface area contributed by atoms with E-state index < -0.39 is 10.0 Å². The second-order valence-corrected chi connectivity index (χ2v) is 9.86. The van der Waals surface area contributed by atoms with Crippen molar-refractivity contribution in [3.8, 4) is 5.75 Å². The SMILES string of the molecule is COc1ccc(S(=O)(=O)N2CCCCC2)cc1NC(=O)c1ccc(C)cc1I. The number of rotatable bonds is 5. The van der Waals surface area contributed by atoms with Gasteiger partial charge in [0.1, 0.15) is 5.75 Å². The molecule has 6 nitrogen and oxygen atoms in total. The molecular weight excluding hydrogens is 491 g/mol. The summed E-state index contributed by atoms with van der Waals surface area (Å²) in [7, 11) is -2.11. The maximum atomic E-state index is 13.0. The van der Waals surface area contributed by atoms with E-state index in [9.17, 15) is 13.2 Å². The molecule has 0 aliphatic carbocycles. The lowest BCUT2D eigenvalue weighted by Crippen LogP contribution is -2.35. The Bertz CT molecular complexity index is 986. The molecule has 1 N–H and O–H groups in total. The molecule has 1 saturated heterocycles. The highest BCUT2D eigenvalue weighted by Crippen LogP contribution is 2.30. The van der Waals surface area contributed by atoms with Crippen LogP contribution in [0.3, 0.4) is 0 Å². The third-order valence-electron chi connectivity index (χ3n) is 4.74. The lowest BCUT2D eigenvalue weighted by molar-refractivity contribution is 0.102. The van der Waals surface area contributed by atoms with Crippen molar-refractivity contribution in [2.24, 2.45) is 0 Å². The van der Waals surface area contributed by atoms with Crippen molar-refractivity contribution >= 4 is 44.2 Å². The summed E-state index contributed by atoms with van der Waals surface area (Å²) in [4.78, 5) is 12.9. The fourth-order valence-electron chi connectivity index (χ4n) is 3.19. The highest BCUT2D eigenvalue weighted by molar-refractivity contribution is 14.1. The van der Waals surface area contributed by atoms with Gasteiger partial charge in [0.25, 0.3) is 5.91 Å². The zero-order chi connectivity index (χ0) is 20.3. The summed E-state index contributed by atoms with van der Waals surface area (Å²) in [5.74, 6) is 0.100. The van der Waals surface area contributed by atoms with E-state index >= 15 is 0 Å². The molecule has 1 heterocycles. The summed E-state index contributed by atoms with van der Waals surface area (Å²) in [6.07, 6.45) is 2.78. The lowest BCUT2D eigenvalue weighted by atomic mass is 10.1. The minimum Gasteiger partial charge on any atom is -0.495 e. The number of benzene rings is 2. The molecule has 0 radical (unpaired) electrons. The molecule has 1 aliphatic rings. The van der Waals surface area contributed by atoms with Crippen LogP contribution >= 0.6 is 22.6 Å². The van der Waals surface area contributed by atoms with E-state index in [-0.39, 0.29) is 10.8 Å². The van der Waals surface area contributed by atoms with Gasteiger partial charge in [0, 0.05) is 16.7 Å². The molecule has 0 unspecified atom stereocenters. The van der Waals surface area contributed by atoms with Gasteiger partial charge in [-0.15, -0.1) is 0 Å². The predicted molar refractivity (Wildman–Crippen MR) is 117 cm³/mol. The minimum atomic E-state index is -3.60. The summed E-state index contributed by atoms with van der Waals surface area (Å²) in [6, 6.07) is 10.1. The second kappa shape index (κ2) is 8.79. The number of halogens is 1. The first-order valence-electron chi connectivity index (χ1n) is 9.08. The summed E-state index contributed by atoms with van der Waals surface area (Å²) in [6.45, 7) is 3.01. The number of sulfonamides is 1. The number of nitrogens with zero attached hydrogens (tertiary/aromatic N) is 1. The quantitative estimate of drug-likeness (QED) is 0.612. The van der Waals surface area contributed by atoms with E-state index in [1.807, 2.05) is 19.1 Å². The Morgan fingerprint density at radius 3 is 2.46 bits per heavy atom. The fraction of sp³-hybridized carbons (Fsp3) is 0.350. The number of methoxy groups -OCH3 is 1. The zero-order valence-corrected chi connectivity index (χ0v) is 18.8. The van der Waals surface area contributed by atoms with Crippen molar-refractivity contribution in [1.29, 1.82) is 0 Å². The molecule has 150 valence electrons. The van der Waals surface area contributed by atoms with Crippen LogP contribution in [-0.2, 0) is 10.0 Å². The van der Waals surface area contributed by atoms with Gasteiger partial charge in [-0.1, -0.05) is 18.1 Å². The van der Waals surface area contributed by atoms with Crippen molar-refractivity contribution in [3.63, 3.8) is 0 Å². The zero-order valence-electron chi connectivity index (χ0n) is 15.9. The smallest absolute Gasteiger partial charge is 0.256 e. The summed E-state index contributed by atoms with van der Waals surface area (Å²) in [5.41, 5.74) is 1.92. The van der Waals surface area contributed by atoms with E-state index in [1.54, 1.807) is 12.1 Å². The van der Waals surface area contributed by atoms with Gasteiger partial charge >= 0.3 is 0 Å². The number of carbonyl (C=O) groups excluding carboxylic acids is 1. The standard InChI is InChI=1S/C20H23IN2O4S/c1-14-6-8-16(17(21)12-14)20(24)22-18-13-15(7-9-19(18)27-2)28(25,26)23-10-4-3-5-11-23/h6-9,12-13H,3-5,10-11H2,1-2H3,(H,22,24). The maximum absolute atomic E-state index is 13.0. The molecule has 3 rings (SSSR count). The van der Waals surface area contributed by atoms with Gasteiger partial charge < -0.3 is 10.1 Å². The Balaban J connectivity index is 1.92. The van der Waals surface area contributed by atoms with Gasteiger partial charge in [-0.3, -0.25) is 4.79 Å². The average molecular weight is 514 g/mol. The van der Waals surface area contributed by atoms with Crippen molar-refractivity contribution < 1.29 is 17.9 Å². The Labute approximate surface area is 179 Å². The van der Waals surface area contributed by atoms with Gasteiger partial charge in [0.2, 0.25) is 10.0 Å². The van der Waals surface area contributed by atoms with Crippen LogP contribution < -0.4 is 10.1 Å². The van der Waals surface area contributed by atoms with E-state index in [0.29, 0.717) is 30.1 Å². The number of hydrogen-bond donors (Lipinski definition) is 1. The van der Waals surface area contributed by atoms with Crippen LogP contribution in [0, 0.1) is 10.5 Å². The largest absolute Gasteiger partial charge is 0.495 e. The summed E-state index contributed by atoms with van der Waals surface area (Å²) >= 11 is 2.12. The predicted octanol–water partition coefficient (Wildman–Crippen LogP) is 4.04. The molecule has 2 aromatic rings. The fourth-order valence-corrected chi connectivity index (χ4v) is 5.65. The Hall–Kier alpha value is -1.65. The molecule has 0 spiro atoms. The van der Waals surface area contributed by atoms with Gasteiger partial charge in [0.05, 0.1) is 23.3 Å². The van der Waals surface area contributed by atoms with Crippen LogP contribution in [0.25, 0.3) is 0 Å². The molecular formula is C20H23IN2O4S. The number of aryl methyl sites for hydroxylation is 1. The van der Waals surface area contributed by atoms with Crippen LogP contribution in [0.2, 0.25) is 0 Å². The first kappa shape index (κ1) is 21.1. The number of amides is 1. The summed E-state index contributed by atoms with van der Waals surface area (Å²) < 4.78 is 33.6. The van der Waals surface area contributed by atoms with Crippen molar-refractivity contribution in [2.75, 3.05) is 25.5 Å². The van der Waals surface area contributed by atoms with Gasteiger partial charge in [-0.05, 0) is 72.7 Å². The first-order chi connectivity index (χ1) is 13.3. The van der Waals surface area contributed by atoms with E-state index in [1.165, 1.54) is 23.5 Å². The molecule has 0 bridgehead atoms. The number of piperidine rings is 1. The molecule has 2 aromatic carbocycles. The van der Waals surface area contributed by atoms with Crippen LogP contribution in [-0.4, -0.2) is 38.8 Å². The van der Waals surface area contributed by atoms with E-state index in [4.69, 9.17) is 4.74 Å². The maximum Gasteiger partial charge on any atom is 0.256 e. The molecule has 1 amide bonds. The normalized spacial score (nSPS) is 15.2. The Morgan fingerprint density at radius 2 is 1.82 bits per heavy atom. The van der Waals surface area contributed by atoms with Crippen LogP contribution in [0.1, 0.15) is 35.2 Å². The number of carbonyl (C=O) groups is 1. The Morgan fingerprint density at radius 1 is 1.11 bits per heavy atom. The monoisotopic (exact) mass is 514 g/mol. The molecule has 0 atom stereocenters. The number of hydrogen-bond acceptors (Lipinski definition) is 4. The van der Waals surface area contributed by atoms with Gasteiger partial charge in [0.15, 0.2) is 0 Å². The number of nitrogens with one attached hydrogen (secondary N) is 1. The molecule has 1 aliphatic heterocycles. The first-order valence-corrected chi connectivity index (χ1v) is 11.6. The van der Waals surface area contributed by atoms with Crippen LogP contribution in [0.4, 0.5) is 5.69 Å². The van der Waals surface area contributed by atoms with E-state index in [0.717, 1.165) is 28.4 Å². The van der Waals surface area contributed by atoms with Gasteiger partial charge in [-0.2, -0.15) is 4.31 Å². The van der Waals surface area contributed by atoms with Crippen molar-refractivity contribution in [2.45, 2.75) is 31.1 Å². The van der Waals surface area contributed by atoms with Crippen LogP contribution in [0.15, 0.2) is 41.3 Å². The summed E-state index contributed by atoms with van der Waals surface area (Å²) in [5, 5.41) is 2.80.